The molecule has 200 valence electrons. The van der Waals surface area contributed by atoms with Gasteiger partial charge in [0.25, 0.3) is 5.91 Å². The number of carbonyl (C=O) groups is 3. The average Bonchev–Trinajstić information content (AvgIpc) is 3.81. The van der Waals surface area contributed by atoms with Gasteiger partial charge in [0, 0.05) is 43.5 Å². The van der Waals surface area contributed by atoms with Crippen molar-refractivity contribution in [1.82, 2.24) is 15.2 Å². The van der Waals surface area contributed by atoms with Crippen LogP contribution in [-0.4, -0.2) is 39.3 Å². The van der Waals surface area contributed by atoms with E-state index in [1.807, 2.05) is 41.3 Å². The number of fused-ring (bicyclic) bond motifs is 1. The van der Waals surface area contributed by atoms with Gasteiger partial charge in [-0.15, -0.1) is 0 Å². The molecule has 0 unspecified atom stereocenters. The molecule has 0 saturated heterocycles. The average molecular weight is 532 g/mol. The van der Waals surface area contributed by atoms with E-state index in [2.05, 4.69) is 22.4 Å². The smallest absolute Gasteiger partial charge is 0.335 e. The van der Waals surface area contributed by atoms with Gasteiger partial charge in [-0.05, 0) is 76.4 Å². The molecule has 2 atom stereocenters. The van der Waals surface area contributed by atoms with Crippen LogP contribution in [0, 0.1) is 5.92 Å². The number of aromatic carboxylic acids is 1. The van der Waals surface area contributed by atoms with Crippen LogP contribution in [-0.2, 0) is 24.3 Å². The molecule has 2 heterocycles. The van der Waals surface area contributed by atoms with E-state index in [1.54, 1.807) is 42.7 Å². The number of amides is 2. The van der Waals surface area contributed by atoms with Gasteiger partial charge in [-0.2, -0.15) is 0 Å². The van der Waals surface area contributed by atoms with E-state index in [-0.39, 0.29) is 29.2 Å². The molecule has 3 aromatic carbocycles. The minimum Gasteiger partial charge on any atom is -0.478 e. The second-order valence-corrected chi connectivity index (χ2v) is 10.4. The van der Waals surface area contributed by atoms with Crippen molar-refractivity contribution in [1.29, 1.82) is 0 Å². The molecule has 1 saturated carbocycles. The van der Waals surface area contributed by atoms with Gasteiger partial charge in [-0.25, -0.2) is 4.79 Å². The predicted molar refractivity (Wildman–Crippen MR) is 151 cm³/mol. The largest absolute Gasteiger partial charge is 0.478 e. The molecular weight excluding hydrogens is 502 g/mol. The van der Waals surface area contributed by atoms with Crippen LogP contribution in [0.3, 0.4) is 0 Å². The van der Waals surface area contributed by atoms with E-state index in [0.717, 1.165) is 34.2 Å². The molecule has 2 aliphatic rings. The molecule has 7 heteroatoms. The number of carboxylic acids is 1. The zero-order chi connectivity index (χ0) is 27.6. The third kappa shape index (κ3) is 5.10. The molecule has 0 radical (unpaired) electrons. The molecule has 0 spiro atoms. The lowest BCUT2D eigenvalue weighted by atomic mass is 9.87. The number of hydrogen-bond acceptors (Lipinski definition) is 4. The van der Waals surface area contributed by atoms with Crippen molar-refractivity contribution in [2.45, 2.75) is 31.8 Å². The molecule has 1 aliphatic carbocycles. The van der Waals surface area contributed by atoms with Gasteiger partial charge in [-0.3, -0.25) is 14.6 Å². The quantitative estimate of drug-likeness (QED) is 0.347. The van der Waals surface area contributed by atoms with E-state index in [9.17, 15) is 19.5 Å². The summed E-state index contributed by atoms with van der Waals surface area (Å²) in [7, 11) is 0. The van der Waals surface area contributed by atoms with E-state index in [4.69, 9.17) is 0 Å². The number of aromatic nitrogens is 1. The third-order valence-electron chi connectivity index (χ3n) is 7.95. The highest BCUT2D eigenvalue weighted by atomic mass is 16.4. The molecule has 2 amide bonds. The predicted octanol–water partition coefficient (Wildman–Crippen LogP) is 5.07. The Morgan fingerprint density at radius 1 is 0.900 bits per heavy atom. The summed E-state index contributed by atoms with van der Waals surface area (Å²) < 4.78 is 0. The Labute approximate surface area is 232 Å². The number of nitrogens with zero attached hydrogens (tertiary/aromatic N) is 2. The summed E-state index contributed by atoms with van der Waals surface area (Å²) in [5.74, 6) is -0.766. The first-order chi connectivity index (χ1) is 19.5. The normalized spacial score (nSPS) is 17.6. The highest BCUT2D eigenvalue weighted by molar-refractivity contribution is 5.94. The van der Waals surface area contributed by atoms with E-state index in [1.165, 1.54) is 5.56 Å². The first-order valence-corrected chi connectivity index (χ1v) is 13.5. The molecular formula is C33H29N3O4. The monoisotopic (exact) mass is 531 g/mol. The number of nitrogens with one attached hydrogen (secondary N) is 1. The van der Waals surface area contributed by atoms with Gasteiger partial charge in [0.2, 0.25) is 5.91 Å². The van der Waals surface area contributed by atoms with Crippen LogP contribution >= 0.6 is 0 Å². The lowest BCUT2D eigenvalue weighted by Gasteiger charge is -2.32. The molecule has 40 heavy (non-hydrogen) atoms. The molecule has 1 aromatic heterocycles. The summed E-state index contributed by atoms with van der Waals surface area (Å²) in [6.07, 6.45) is 4.70. The fraction of sp³-hybridized carbons (Fsp3) is 0.212. The number of rotatable bonds is 7. The summed E-state index contributed by atoms with van der Waals surface area (Å²) >= 11 is 0. The SMILES string of the molecule is O=C(O)c1cccc(-c2ccc(CNC(=O)[C@@H]3C[C@H]3c3ccccc3)c3c2CCN(C(=O)c2ccncc2)C3)c1. The molecule has 1 aliphatic heterocycles. The number of hydrogen-bond donors (Lipinski definition) is 2. The third-order valence-corrected chi connectivity index (χ3v) is 7.95. The van der Waals surface area contributed by atoms with Crippen LogP contribution in [0.1, 0.15) is 55.3 Å². The molecule has 0 bridgehead atoms. The van der Waals surface area contributed by atoms with Crippen molar-refractivity contribution in [3.8, 4) is 11.1 Å². The van der Waals surface area contributed by atoms with Crippen LogP contribution in [0.2, 0.25) is 0 Å². The van der Waals surface area contributed by atoms with Gasteiger partial charge in [0.1, 0.15) is 0 Å². The van der Waals surface area contributed by atoms with Crippen molar-refractivity contribution in [2.75, 3.05) is 6.54 Å². The summed E-state index contributed by atoms with van der Waals surface area (Å²) in [6, 6.07) is 24.5. The first kappa shape index (κ1) is 25.5. The Bertz CT molecular complexity index is 1590. The van der Waals surface area contributed by atoms with Crippen molar-refractivity contribution in [3.05, 3.63) is 125 Å². The van der Waals surface area contributed by atoms with Gasteiger partial charge >= 0.3 is 5.97 Å². The highest BCUT2D eigenvalue weighted by Crippen LogP contribution is 2.47. The Hall–Kier alpha value is -4.78. The Kier molecular flexibility index (Phi) is 6.86. The van der Waals surface area contributed by atoms with E-state index < -0.39 is 5.97 Å². The molecule has 6 rings (SSSR count). The number of benzene rings is 3. The number of carboxylic acid groups (broad SMARTS) is 1. The zero-order valence-corrected chi connectivity index (χ0v) is 21.9. The molecule has 4 aromatic rings. The fourth-order valence-corrected chi connectivity index (χ4v) is 5.71. The lowest BCUT2D eigenvalue weighted by Crippen LogP contribution is -2.37. The standard InChI is InChI=1S/C33H29N3O4/c37-31(29-18-28(29)21-5-2-1-3-6-21)35-19-25-9-10-26(23-7-4-8-24(17-23)33(39)40)27-13-16-36(20-30(25)27)32(38)22-11-14-34-15-12-22/h1-12,14-15,17,28-29H,13,16,18-20H2,(H,35,37)(H,39,40)/t28-,29+/m0/s1. The summed E-state index contributed by atoms with van der Waals surface area (Å²) in [4.78, 5) is 43.8. The van der Waals surface area contributed by atoms with E-state index >= 15 is 0 Å². The Balaban J connectivity index is 1.28. The van der Waals surface area contributed by atoms with Crippen LogP contribution in [0.25, 0.3) is 11.1 Å². The van der Waals surface area contributed by atoms with Gasteiger partial charge in [0.15, 0.2) is 0 Å². The highest BCUT2D eigenvalue weighted by Gasteiger charge is 2.43. The Morgan fingerprint density at radius 3 is 2.48 bits per heavy atom. The van der Waals surface area contributed by atoms with Crippen LogP contribution in [0.4, 0.5) is 0 Å². The van der Waals surface area contributed by atoms with Gasteiger partial charge in [-0.1, -0.05) is 54.6 Å². The van der Waals surface area contributed by atoms with Crippen molar-refractivity contribution < 1.29 is 19.5 Å². The second kappa shape index (κ2) is 10.8. The fourth-order valence-electron chi connectivity index (χ4n) is 5.71. The number of carbonyl (C=O) groups excluding carboxylic acids is 2. The summed E-state index contributed by atoms with van der Waals surface area (Å²) in [6.45, 7) is 1.31. The van der Waals surface area contributed by atoms with Crippen molar-refractivity contribution in [2.24, 2.45) is 5.92 Å². The minimum atomic E-state index is -0.974. The maximum atomic E-state index is 13.3. The summed E-state index contributed by atoms with van der Waals surface area (Å²) in [5, 5.41) is 12.7. The second-order valence-electron chi connectivity index (χ2n) is 10.4. The van der Waals surface area contributed by atoms with E-state index in [0.29, 0.717) is 31.6 Å². The van der Waals surface area contributed by atoms with Gasteiger partial charge in [0.05, 0.1) is 5.56 Å². The molecule has 2 N–H and O–H groups in total. The minimum absolute atomic E-state index is 0.0268. The zero-order valence-electron chi connectivity index (χ0n) is 21.9. The van der Waals surface area contributed by atoms with Crippen molar-refractivity contribution in [3.63, 3.8) is 0 Å². The topological polar surface area (TPSA) is 99.6 Å². The van der Waals surface area contributed by atoms with Crippen LogP contribution < -0.4 is 5.32 Å². The lowest BCUT2D eigenvalue weighted by molar-refractivity contribution is -0.122. The molecule has 1 fully saturated rings. The summed E-state index contributed by atoms with van der Waals surface area (Å²) in [5.41, 5.74) is 6.83. The molecule has 7 nitrogen and oxygen atoms in total. The first-order valence-electron chi connectivity index (χ1n) is 13.5. The number of pyridine rings is 1. The van der Waals surface area contributed by atoms with Crippen molar-refractivity contribution >= 4 is 17.8 Å². The van der Waals surface area contributed by atoms with Crippen LogP contribution in [0.15, 0.2) is 91.3 Å². The van der Waals surface area contributed by atoms with Gasteiger partial charge < -0.3 is 15.3 Å². The Morgan fingerprint density at radius 2 is 1.70 bits per heavy atom. The maximum Gasteiger partial charge on any atom is 0.335 e. The maximum absolute atomic E-state index is 13.3. The van der Waals surface area contributed by atoms with Crippen LogP contribution in [0.5, 0.6) is 0 Å².